The van der Waals surface area contributed by atoms with Gasteiger partial charge in [-0.1, -0.05) is 32.8 Å². The monoisotopic (exact) mass is 411 g/mol. The average Bonchev–Trinajstić information content (AvgIpc) is 2.71. The van der Waals surface area contributed by atoms with E-state index in [1.807, 2.05) is 6.92 Å². The van der Waals surface area contributed by atoms with Crippen LogP contribution in [0.4, 0.5) is 0 Å². The number of hydrogen-bond acceptors (Lipinski definition) is 5. The molecule has 8 heteroatoms. The Labute approximate surface area is 168 Å². The van der Waals surface area contributed by atoms with E-state index in [0.29, 0.717) is 31.2 Å². The molecule has 1 aromatic carbocycles. The first-order valence-electron chi connectivity index (χ1n) is 9.98. The van der Waals surface area contributed by atoms with E-state index in [2.05, 4.69) is 28.8 Å². The lowest BCUT2D eigenvalue weighted by atomic mass is 9.92. The summed E-state index contributed by atoms with van der Waals surface area (Å²) < 4.78 is 31.9. The van der Waals surface area contributed by atoms with Crippen LogP contribution < -0.4 is 10.0 Å². The highest BCUT2D eigenvalue weighted by Gasteiger charge is 2.27. The van der Waals surface area contributed by atoms with Gasteiger partial charge in [0.25, 0.3) is 5.91 Å². The molecule has 2 N–H and O–H groups in total. The number of ether oxygens (including phenoxy) is 1. The van der Waals surface area contributed by atoms with Crippen molar-refractivity contribution in [3.05, 3.63) is 29.3 Å². The van der Waals surface area contributed by atoms with Crippen LogP contribution in [0.2, 0.25) is 0 Å². The molecule has 7 nitrogen and oxygen atoms in total. The van der Waals surface area contributed by atoms with Crippen molar-refractivity contribution in [1.82, 2.24) is 14.9 Å². The molecule has 1 aliphatic rings. The van der Waals surface area contributed by atoms with E-state index in [-0.39, 0.29) is 16.8 Å². The lowest BCUT2D eigenvalue weighted by Crippen LogP contribution is -2.52. The molecule has 1 amide bonds. The summed E-state index contributed by atoms with van der Waals surface area (Å²) >= 11 is 0. The number of rotatable bonds is 9. The minimum absolute atomic E-state index is 0.0930. The number of carbonyl (C=O) groups excluding carboxylic acids is 1. The summed E-state index contributed by atoms with van der Waals surface area (Å²) in [6, 6.07) is 4.86. The molecule has 1 fully saturated rings. The van der Waals surface area contributed by atoms with Crippen LogP contribution in [0.25, 0.3) is 0 Å². The molecule has 0 spiro atoms. The number of amides is 1. The highest BCUT2D eigenvalue weighted by Crippen LogP contribution is 2.20. The van der Waals surface area contributed by atoms with Crippen molar-refractivity contribution < 1.29 is 17.9 Å². The molecule has 1 aliphatic heterocycles. The van der Waals surface area contributed by atoms with E-state index >= 15 is 0 Å². The van der Waals surface area contributed by atoms with E-state index < -0.39 is 10.0 Å². The zero-order chi connectivity index (χ0) is 20.7. The van der Waals surface area contributed by atoms with Crippen LogP contribution in [0.1, 0.15) is 42.6 Å². The molecule has 1 saturated heterocycles. The smallest absolute Gasteiger partial charge is 0.251 e. The van der Waals surface area contributed by atoms with Crippen LogP contribution in [0.3, 0.4) is 0 Å². The van der Waals surface area contributed by atoms with Gasteiger partial charge in [-0.15, -0.1) is 0 Å². The molecule has 0 aromatic heterocycles. The van der Waals surface area contributed by atoms with Crippen molar-refractivity contribution in [1.29, 1.82) is 0 Å². The molecule has 0 saturated carbocycles. The Morgan fingerprint density at radius 1 is 1.21 bits per heavy atom. The number of carbonyl (C=O) groups is 1. The van der Waals surface area contributed by atoms with Gasteiger partial charge in [-0.3, -0.25) is 9.69 Å². The van der Waals surface area contributed by atoms with Crippen LogP contribution in [0.15, 0.2) is 23.1 Å². The van der Waals surface area contributed by atoms with E-state index in [0.717, 1.165) is 31.5 Å². The molecule has 0 radical (unpaired) electrons. The van der Waals surface area contributed by atoms with Gasteiger partial charge < -0.3 is 10.1 Å². The number of nitrogens with zero attached hydrogens (tertiary/aromatic N) is 1. The Balaban J connectivity index is 2.16. The molecule has 28 heavy (non-hydrogen) atoms. The van der Waals surface area contributed by atoms with E-state index in [4.69, 9.17) is 4.74 Å². The molecule has 158 valence electrons. The molecule has 1 aromatic rings. The molecular formula is C20H33N3O4S. The number of sulfonamides is 1. The number of morpholine rings is 1. The van der Waals surface area contributed by atoms with Crippen molar-refractivity contribution in [2.45, 2.75) is 44.6 Å². The molecular weight excluding hydrogens is 378 g/mol. The maximum absolute atomic E-state index is 12.8. The molecule has 1 heterocycles. The fraction of sp³-hybridized carbons (Fsp3) is 0.650. The van der Waals surface area contributed by atoms with Gasteiger partial charge in [-0.25, -0.2) is 13.1 Å². The number of nitrogens with one attached hydrogen (secondary N) is 2. The first-order chi connectivity index (χ1) is 13.3. The minimum atomic E-state index is -3.59. The average molecular weight is 412 g/mol. The van der Waals surface area contributed by atoms with Crippen LogP contribution in [0, 0.1) is 12.8 Å². The van der Waals surface area contributed by atoms with Gasteiger partial charge >= 0.3 is 0 Å². The quantitative estimate of drug-likeness (QED) is 0.647. The third-order valence-electron chi connectivity index (χ3n) is 5.61. The van der Waals surface area contributed by atoms with E-state index in [1.165, 1.54) is 19.2 Å². The number of aryl methyl sites for hydroxylation is 1. The van der Waals surface area contributed by atoms with Crippen LogP contribution in [0.5, 0.6) is 0 Å². The normalized spacial score (nSPS) is 16.9. The van der Waals surface area contributed by atoms with Crippen LogP contribution in [-0.2, 0) is 14.8 Å². The predicted octanol–water partition coefficient (Wildman–Crippen LogP) is 1.77. The molecule has 0 bridgehead atoms. The first kappa shape index (κ1) is 22.8. The summed E-state index contributed by atoms with van der Waals surface area (Å²) in [6.45, 7) is 9.87. The minimum Gasteiger partial charge on any atom is -0.379 e. The molecule has 2 rings (SSSR count). The number of hydrogen-bond donors (Lipinski definition) is 2. The third kappa shape index (κ3) is 5.53. The van der Waals surface area contributed by atoms with Gasteiger partial charge in [0.1, 0.15) is 0 Å². The zero-order valence-corrected chi connectivity index (χ0v) is 18.1. The third-order valence-corrected chi connectivity index (χ3v) is 7.02. The van der Waals surface area contributed by atoms with Gasteiger partial charge in [0.2, 0.25) is 10.0 Å². The van der Waals surface area contributed by atoms with Gasteiger partial charge in [-0.2, -0.15) is 0 Å². The Bertz CT molecular complexity index is 757. The van der Waals surface area contributed by atoms with Gasteiger partial charge in [0.15, 0.2) is 0 Å². The summed E-state index contributed by atoms with van der Waals surface area (Å²) in [5.41, 5.74) is 1.14. The first-order valence-corrected chi connectivity index (χ1v) is 11.5. The largest absolute Gasteiger partial charge is 0.379 e. The maximum Gasteiger partial charge on any atom is 0.251 e. The topological polar surface area (TPSA) is 87.7 Å². The summed E-state index contributed by atoms with van der Waals surface area (Å²) in [6.07, 6.45) is 2.09. The molecule has 0 aliphatic carbocycles. The Morgan fingerprint density at radius 3 is 2.43 bits per heavy atom. The Kier molecular flexibility index (Phi) is 8.42. The SMILES string of the molecule is CCC(CC)C(CNC(=O)c1cc(S(=O)(=O)NC)ccc1C)N1CCOCC1. The molecule has 1 atom stereocenters. The highest BCUT2D eigenvalue weighted by molar-refractivity contribution is 7.89. The zero-order valence-electron chi connectivity index (χ0n) is 17.3. The fourth-order valence-electron chi connectivity index (χ4n) is 3.76. The van der Waals surface area contributed by atoms with Crippen molar-refractivity contribution in [2.75, 3.05) is 39.9 Å². The van der Waals surface area contributed by atoms with Gasteiger partial charge in [0, 0.05) is 31.2 Å². The predicted molar refractivity (Wildman–Crippen MR) is 110 cm³/mol. The Hall–Kier alpha value is -1.48. The van der Waals surface area contributed by atoms with Crippen molar-refractivity contribution in [2.24, 2.45) is 5.92 Å². The van der Waals surface area contributed by atoms with Crippen LogP contribution in [-0.4, -0.2) is 65.2 Å². The molecule has 1 unspecified atom stereocenters. The highest BCUT2D eigenvalue weighted by atomic mass is 32.2. The van der Waals surface area contributed by atoms with E-state index in [9.17, 15) is 13.2 Å². The standard InChI is InChI=1S/C20H33N3O4S/c1-5-16(6-2)19(23-9-11-27-12-10-23)14-22-20(24)18-13-17(8-7-15(18)3)28(25,26)21-4/h7-8,13,16,19,21H,5-6,9-12,14H2,1-4H3,(H,22,24). The maximum atomic E-state index is 12.8. The second-order valence-corrected chi connectivity index (χ2v) is 9.07. The second kappa shape index (κ2) is 10.3. The fourth-order valence-corrected chi connectivity index (χ4v) is 4.51. The number of benzene rings is 1. The van der Waals surface area contributed by atoms with Gasteiger partial charge in [0.05, 0.1) is 18.1 Å². The van der Waals surface area contributed by atoms with Crippen molar-refractivity contribution in [3.63, 3.8) is 0 Å². The van der Waals surface area contributed by atoms with E-state index in [1.54, 1.807) is 6.07 Å². The van der Waals surface area contributed by atoms with Crippen molar-refractivity contribution in [3.8, 4) is 0 Å². The Morgan fingerprint density at radius 2 is 1.86 bits per heavy atom. The lowest BCUT2D eigenvalue weighted by molar-refractivity contribution is 0.00191. The lowest BCUT2D eigenvalue weighted by Gasteiger charge is -2.38. The second-order valence-electron chi connectivity index (χ2n) is 7.19. The summed E-state index contributed by atoms with van der Waals surface area (Å²) in [4.78, 5) is 15.3. The van der Waals surface area contributed by atoms with Gasteiger partial charge in [-0.05, 0) is 37.6 Å². The summed E-state index contributed by atoms with van der Waals surface area (Å²) in [5.74, 6) is 0.241. The summed E-state index contributed by atoms with van der Waals surface area (Å²) in [5, 5.41) is 3.05. The summed E-state index contributed by atoms with van der Waals surface area (Å²) in [7, 11) is -2.23. The van der Waals surface area contributed by atoms with Crippen LogP contribution >= 0.6 is 0 Å². The van der Waals surface area contributed by atoms with Crippen molar-refractivity contribution >= 4 is 15.9 Å².